The summed E-state index contributed by atoms with van der Waals surface area (Å²) in [5.74, 6) is 0.453. The van der Waals surface area contributed by atoms with Gasteiger partial charge in [-0.1, -0.05) is 77.8 Å². The molecule has 32 heavy (non-hydrogen) atoms. The number of allylic oxidation sites excluding steroid dienone is 1. The Hall–Kier alpha value is -3.90. The lowest BCUT2D eigenvalue weighted by molar-refractivity contribution is 0.102. The maximum Gasteiger partial charge on any atom is 0.258 e. The van der Waals surface area contributed by atoms with E-state index in [0.29, 0.717) is 16.5 Å². The van der Waals surface area contributed by atoms with Gasteiger partial charge in [0, 0.05) is 16.3 Å². The molecule has 1 unspecified atom stereocenters. The summed E-state index contributed by atoms with van der Waals surface area (Å²) in [6, 6.07) is 24.9. The predicted molar refractivity (Wildman–Crippen MR) is 127 cm³/mol. The van der Waals surface area contributed by atoms with Crippen LogP contribution in [0.4, 0.5) is 11.9 Å². The highest BCUT2D eigenvalue weighted by atomic mass is 35.5. The van der Waals surface area contributed by atoms with Crippen LogP contribution in [0.1, 0.15) is 33.1 Å². The number of hydrogen-bond donors (Lipinski definition) is 2. The molecule has 158 valence electrons. The molecule has 7 heteroatoms. The van der Waals surface area contributed by atoms with Crippen LogP contribution in [0.5, 0.6) is 0 Å². The van der Waals surface area contributed by atoms with Crippen molar-refractivity contribution in [1.82, 2.24) is 14.8 Å². The summed E-state index contributed by atoms with van der Waals surface area (Å²) in [6.45, 7) is 2.06. The molecule has 0 bridgehead atoms. The number of hydrogen-bond acceptors (Lipinski definition) is 4. The second-order valence-corrected chi connectivity index (χ2v) is 8.03. The molecule has 1 atom stereocenters. The van der Waals surface area contributed by atoms with Crippen molar-refractivity contribution in [2.75, 3.05) is 10.6 Å². The van der Waals surface area contributed by atoms with E-state index in [2.05, 4.69) is 70.1 Å². The molecule has 1 amide bonds. The molecule has 4 aromatic rings. The Bertz CT molecular complexity index is 1310. The lowest BCUT2D eigenvalue weighted by atomic mass is 10.0. The summed E-state index contributed by atoms with van der Waals surface area (Å²) in [7, 11) is 0. The first kappa shape index (κ1) is 20.0. The number of aryl methyl sites for hydroxylation is 1. The summed E-state index contributed by atoms with van der Waals surface area (Å²) in [5.41, 5.74) is 4.69. The van der Waals surface area contributed by atoms with Crippen LogP contribution in [-0.4, -0.2) is 20.7 Å². The Balaban J connectivity index is 1.50. The fourth-order valence-electron chi connectivity index (χ4n) is 3.64. The molecule has 3 aromatic carbocycles. The van der Waals surface area contributed by atoms with Gasteiger partial charge in [-0.3, -0.25) is 10.1 Å². The van der Waals surface area contributed by atoms with Gasteiger partial charge in [0.2, 0.25) is 5.95 Å². The molecule has 1 aliphatic heterocycles. The third kappa shape index (κ3) is 4.00. The minimum atomic E-state index is -0.321. The standard InChI is InChI=1S/C25H20ClN5O/c1-16-10-12-17(13-11-16)21-15-22(18-6-3-2-4-7-18)31-25(27-21)29-24(30-31)28-23(32)19-8-5-9-20(26)14-19/h2-15,22H,1H3,(H2,27,28,29,30,32). The van der Waals surface area contributed by atoms with Crippen LogP contribution in [0.3, 0.4) is 0 Å². The zero-order valence-electron chi connectivity index (χ0n) is 17.3. The fourth-order valence-corrected chi connectivity index (χ4v) is 3.83. The predicted octanol–water partition coefficient (Wildman–Crippen LogP) is 5.55. The van der Waals surface area contributed by atoms with Gasteiger partial charge in [0.05, 0.1) is 0 Å². The fraction of sp³-hybridized carbons (Fsp3) is 0.0800. The van der Waals surface area contributed by atoms with Crippen molar-refractivity contribution in [3.8, 4) is 0 Å². The lowest BCUT2D eigenvalue weighted by Gasteiger charge is -2.24. The zero-order valence-corrected chi connectivity index (χ0v) is 18.0. The second-order valence-electron chi connectivity index (χ2n) is 7.59. The molecule has 0 aliphatic carbocycles. The zero-order chi connectivity index (χ0) is 22.1. The van der Waals surface area contributed by atoms with Crippen molar-refractivity contribution in [3.63, 3.8) is 0 Å². The monoisotopic (exact) mass is 441 g/mol. The topological polar surface area (TPSA) is 71.8 Å². The van der Waals surface area contributed by atoms with Gasteiger partial charge in [0.1, 0.15) is 6.04 Å². The van der Waals surface area contributed by atoms with Crippen LogP contribution in [0.15, 0.2) is 84.9 Å². The molecule has 1 aliphatic rings. The molecule has 6 nitrogen and oxygen atoms in total. The minimum Gasteiger partial charge on any atom is -0.324 e. The lowest BCUT2D eigenvalue weighted by Crippen LogP contribution is -2.20. The molecule has 1 aromatic heterocycles. The first-order chi connectivity index (χ1) is 15.6. The molecule has 0 fully saturated rings. The number of amides is 1. The van der Waals surface area contributed by atoms with E-state index in [0.717, 1.165) is 16.8 Å². The molecule has 0 saturated carbocycles. The Labute approximate surface area is 190 Å². The van der Waals surface area contributed by atoms with Gasteiger partial charge in [0.15, 0.2) is 0 Å². The van der Waals surface area contributed by atoms with Crippen LogP contribution in [-0.2, 0) is 0 Å². The average molecular weight is 442 g/mol. The number of benzene rings is 3. The highest BCUT2D eigenvalue weighted by Crippen LogP contribution is 2.33. The summed E-state index contributed by atoms with van der Waals surface area (Å²) in [4.78, 5) is 17.2. The van der Waals surface area contributed by atoms with Gasteiger partial charge in [-0.2, -0.15) is 4.98 Å². The van der Waals surface area contributed by atoms with Crippen LogP contribution in [0, 0.1) is 6.92 Å². The number of carbonyl (C=O) groups excluding carboxylic acids is 1. The number of nitrogens with zero attached hydrogens (tertiary/aromatic N) is 3. The summed E-state index contributed by atoms with van der Waals surface area (Å²) in [5, 5.41) is 11.2. The molecule has 5 rings (SSSR count). The van der Waals surface area contributed by atoms with E-state index in [1.807, 2.05) is 18.2 Å². The first-order valence-electron chi connectivity index (χ1n) is 10.2. The van der Waals surface area contributed by atoms with Gasteiger partial charge in [0.25, 0.3) is 11.9 Å². The van der Waals surface area contributed by atoms with Gasteiger partial charge >= 0.3 is 0 Å². The number of anilines is 2. The van der Waals surface area contributed by atoms with Crippen molar-refractivity contribution in [1.29, 1.82) is 0 Å². The Kier molecular flexibility index (Phi) is 5.21. The van der Waals surface area contributed by atoms with E-state index in [1.54, 1.807) is 28.9 Å². The van der Waals surface area contributed by atoms with Gasteiger partial charge < -0.3 is 5.32 Å². The number of aromatic nitrogens is 3. The van der Waals surface area contributed by atoms with Crippen molar-refractivity contribution >= 4 is 35.1 Å². The third-order valence-corrected chi connectivity index (χ3v) is 5.52. The quantitative estimate of drug-likeness (QED) is 0.435. The van der Waals surface area contributed by atoms with E-state index < -0.39 is 0 Å². The molecular weight excluding hydrogens is 422 g/mol. The Morgan fingerprint density at radius 1 is 1.03 bits per heavy atom. The summed E-state index contributed by atoms with van der Waals surface area (Å²) >= 11 is 6.01. The van der Waals surface area contributed by atoms with Gasteiger partial charge in [-0.25, -0.2) is 4.68 Å². The van der Waals surface area contributed by atoms with E-state index in [9.17, 15) is 4.79 Å². The van der Waals surface area contributed by atoms with Gasteiger partial charge in [-0.15, -0.1) is 5.10 Å². The highest BCUT2D eigenvalue weighted by molar-refractivity contribution is 6.31. The van der Waals surface area contributed by atoms with Crippen LogP contribution < -0.4 is 10.6 Å². The van der Waals surface area contributed by atoms with E-state index in [4.69, 9.17) is 11.6 Å². The summed E-state index contributed by atoms with van der Waals surface area (Å²) < 4.78 is 1.78. The second kappa shape index (κ2) is 8.32. The van der Waals surface area contributed by atoms with E-state index >= 15 is 0 Å². The minimum absolute atomic E-state index is 0.173. The number of nitrogens with one attached hydrogen (secondary N) is 2. The number of carbonyl (C=O) groups is 1. The van der Waals surface area contributed by atoms with Crippen molar-refractivity contribution in [3.05, 3.63) is 112 Å². The maximum atomic E-state index is 12.7. The van der Waals surface area contributed by atoms with Crippen LogP contribution in [0.2, 0.25) is 5.02 Å². The van der Waals surface area contributed by atoms with Crippen LogP contribution >= 0.6 is 11.6 Å². The normalized spacial score (nSPS) is 14.8. The number of rotatable bonds is 4. The Morgan fingerprint density at radius 3 is 2.56 bits per heavy atom. The third-order valence-electron chi connectivity index (χ3n) is 5.28. The summed E-state index contributed by atoms with van der Waals surface area (Å²) in [6.07, 6.45) is 2.12. The smallest absolute Gasteiger partial charge is 0.258 e. The van der Waals surface area contributed by atoms with Gasteiger partial charge in [-0.05, 0) is 42.3 Å². The average Bonchev–Trinajstić information content (AvgIpc) is 3.21. The maximum absolute atomic E-state index is 12.7. The molecule has 0 saturated heterocycles. The molecular formula is C25H20ClN5O. The van der Waals surface area contributed by atoms with Crippen molar-refractivity contribution in [2.24, 2.45) is 0 Å². The molecule has 0 radical (unpaired) electrons. The van der Waals surface area contributed by atoms with E-state index in [-0.39, 0.29) is 17.9 Å². The SMILES string of the molecule is Cc1ccc(C2=CC(c3ccccc3)n3nc(NC(=O)c4cccc(Cl)c4)nc3N2)cc1. The first-order valence-corrected chi connectivity index (χ1v) is 10.6. The van der Waals surface area contributed by atoms with E-state index in [1.165, 1.54) is 5.56 Å². The number of fused-ring (bicyclic) bond motifs is 1. The van der Waals surface area contributed by atoms with Crippen LogP contribution in [0.25, 0.3) is 5.70 Å². The Morgan fingerprint density at radius 2 is 1.81 bits per heavy atom. The van der Waals surface area contributed by atoms with Crippen molar-refractivity contribution < 1.29 is 4.79 Å². The molecule has 2 N–H and O–H groups in total. The molecule has 2 heterocycles. The highest BCUT2D eigenvalue weighted by Gasteiger charge is 2.26. The molecule has 0 spiro atoms. The number of halogens is 1. The van der Waals surface area contributed by atoms with Crippen molar-refractivity contribution in [2.45, 2.75) is 13.0 Å². The largest absolute Gasteiger partial charge is 0.324 e.